The summed E-state index contributed by atoms with van der Waals surface area (Å²) in [6.07, 6.45) is 5.03. The van der Waals surface area contributed by atoms with Gasteiger partial charge in [0.1, 0.15) is 11.9 Å². The van der Waals surface area contributed by atoms with E-state index in [0.29, 0.717) is 23.9 Å². The van der Waals surface area contributed by atoms with Crippen LogP contribution in [-0.4, -0.2) is 39.7 Å². The van der Waals surface area contributed by atoms with Crippen LogP contribution in [0.4, 0.5) is 5.82 Å². The minimum atomic E-state index is -0.431. The van der Waals surface area contributed by atoms with Crippen LogP contribution >= 0.6 is 0 Å². The van der Waals surface area contributed by atoms with Gasteiger partial charge >= 0.3 is 0 Å². The number of nitrogens with zero attached hydrogens (tertiary/aromatic N) is 4. The number of carbonyl (C=O) groups excluding carboxylic acids is 1. The molecule has 0 aliphatic carbocycles. The molecule has 0 saturated heterocycles. The Balaban J connectivity index is 1.78. The number of hydrogen-bond donors (Lipinski definition) is 1. The van der Waals surface area contributed by atoms with Gasteiger partial charge in [0.25, 0.3) is 0 Å². The zero-order chi connectivity index (χ0) is 18.5. The van der Waals surface area contributed by atoms with Crippen molar-refractivity contribution < 1.29 is 14.3 Å². The summed E-state index contributed by atoms with van der Waals surface area (Å²) in [6, 6.07) is 8.75. The van der Waals surface area contributed by atoms with E-state index in [4.69, 9.17) is 9.47 Å². The molecule has 1 unspecified atom stereocenters. The number of rotatable bonds is 7. The molecule has 26 heavy (non-hydrogen) atoms. The molecular formula is C18H21N5O3. The summed E-state index contributed by atoms with van der Waals surface area (Å²) in [6.45, 7) is 2.22. The second kappa shape index (κ2) is 7.73. The number of amides is 1. The van der Waals surface area contributed by atoms with E-state index in [0.717, 1.165) is 5.56 Å². The Morgan fingerprint density at radius 3 is 2.69 bits per heavy atom. The topological polar surface area (TPSA) is 83.2 Å². The molecule has 0 fully saturated rings. The number of aromatic nitrogens is 4. The van der Waals surface area contributed by atoms with Gasteiger partial charge in [0.05, 0.1) is 27.0 Å². The third-order valence-electron chi connectivity index (χ3n) is 4.07. The van der Waals surface area contributed by atoms with Crippen molar-refractivity contribution in [2.45, 2.75) is 19.5 Å². The van der Waals surface area contributed by atoms with Crippen molar-refractivity contribution in [1.29, 1.82) is 0 Å². The quantitative estimate of drug-likeness (QED) is 0.703. The molecule has 1 aromatic carbocycles. The van der Waals surface area contributed by atoms with Crippen molar-refractivity contribution in [1.82, 2.24) is 19.6 Å². The maximum atomic E-state index is 12.5. The molecule has 2 heterocycles. The number of carbonyl (C=O) groups is 1. The van der Waals surface area contributed by atoms with Crippen LogP contribution in [0.1, 0.15) is 18.5 Å². The largest absolute Gasteiger partial charge is 0.493 e. The molecule has 3 rings (SSSR count). The Morgan fingerprint density at radius 2 is 2.00 bits per heavy atom. The lowest BCUT2D eigenvalue weighted by molar-refractivity contribution is -0.119. The lowest BCUT2D eigenvalue weighted by Gasteiger charge is -2.16. The van der Waals surface area contributed by atoms with Gasteiger partial charge in [0.15, 0.2) is 11.5 Å². The first-order chi connectivity index (χ1) is 12.6. The number of para-hydroxylation sites is 1. The summed E-state index contributed by atoms with van der Waals surface area (Å²) in [5.41, 5.74) is 0.895. The van der Waals surface area contributed by atoms with Crippen molar-refractivity contribution in [2.24, 2.45) is 0 Å². The summed E-state index contributed by atoms with van der Waals surface area (Å²) in [5.74, 6) is 1.72. The molecular weight excluding hydrogens is 334 g/mol. The number of ether oxygens (including phenoxy) is 2. The predicted octanol–water partition coefficient (Wildman–Crippen LogP) is 2.34. The predicted molar refractivity (Wildman–Crippen MR) is 96.4 cm³/mol. The van der Waals surface area contributed by atoms with Gasteiger partial charge in [-0.05, 0) is 19.1 Å². The van der Waals surface area contributed by atoms with Gasteiger partial charge in [0.2, 0.25) is 5.91 Å². The molecule has 2 aromatic heterocycles. The van der Waals surface area contributed by atoms with Crippen molar-refractivity contribution in [3.05, 3.63) is 54.5 Å². The van der Waals surface area contributed by atoms with Crippen LogP contribution in [0.5, 0.6) is 11.5 Å². The lowest BCUT2D eigenvalue weighted by atomic mass is 10.2. The number of benzene rings is 1. The standard InChI is InChI=1S/C18H21N5O3/c1-13(22-11-5-9-19-22)18(24)21-16-8-10-20-23(16)12-14-6-4-7-15(25-2)17(14)26-3/h4-11,13H,12H2,1-3H3,(H,21,24). The lowest BCUT2D eigenvalue weighted by Crippen LogP contribution is -2.25. The first kappa shape index (κ1) is 17.5. The highest BCUT2D eigenvalue weighted by Crippen LogP contribution is 2.31. The van der Waals surface area contributed by atoms with E-state index in [-0.39, 0.29) is 5.91 Å². The van der Waals surface area contributed by atoms with Crippen molar-refractivity contribution in [2.75, 3.05) is 19.5 Å². The first-order valence-corrected chi connectivity index (χ1v) is 8.15. The molecule has 8 heteroatoms. The summed E-state index contributed by atoms with van der Waals surface area (Å²) >= 11 is 0. The monoisotopic (exact) mass is 355 g/mol. The van der Waals surface area contributed by atoms with Crippen LogP contribution in [0.2, 0.25) is 0 Å². The van der Waals surface area contributed by atoms with Crippen LogP contribution in [0.25, 0.3) is 0 Å². The molecule has 8 nitrogen and oxygen atoms in total. The van der Waals surface area contributed by atoms with Gasteiger partial charge in [0, 0.05) is 24.0 Å². The van der Waals surface area contributed by atoms with E-state index in [1.54, 1.807) is 61.2 Å². The van der Waals surface area contributed by atoms with Crippen molar-refractivity contribution in [3.8, 4) is 11.5 Å². The highest BCUT2D eigenvalue weighted by atomic mass is 16.5. The molecule has 0 radical (unpaired) electrons. The molecule has 1 amide bonds. The normalized spacial score (nSPS) is 11.8. The second-order valence-corrected chi connectivity index (χ2v) is 5.68. The SMILES string of the molecule is COc1cccc(Cn2nccc2NC(=O)C(C)n2cccn2)c1OC. The Labute approximate surface area is 151 Å². The van der Waals surface area contributed by atoms with Gasteiger partial charge in [-0.25, -0.2) is 4.68 Å². The van der Waals surface area contributed by atoms with Crippen molar-refractivity contribution in [3.63, 3.8) is 0 Å². The Hall–Kier alpha value is -3.29. The Bertz CT molecular complexity index is 873. The van der Waals surface area contributed by atoms with Gasteiger partial charge in [-0.3, -0.25) is 9.48 Å². The molecule has 0 aliphatic rings. The minimum Gasteiger partial charge on any atom is -0.493 e. The van der Waals surface area contributed by atoms with Crippen LogP contribution < -0.4 is 14.8 Å². The molecule has 0 aliphatic heterocycles. The number of nitrogens with one attached hydrogen (secondary N) is 1. The summed E-state index contributed by atoms with van der Waals surface area (Å²) in [7, 11) is 3.19. The number of methoxy groups -OCH3 is 2. The van der Waals surface area contributed by atoms with Gasteiger partial charge in [-0.15, -0.1) is 0 Å². The molecule has 0 saturated carbocycles. The molecule has 3 aromatic rings. The molecule has 0 spiro atoms. The molecule has 0 bridgehead atoms. The van der Waals surface area contributed by atoms with E-state index in [2.05, 4.69) is 15.5 Å². The van der Waals surface area contributed by atoms with Gasteiger partial charge < -0.3 is 14.8 Å². The highest BCUT2D eigenvalue weighted by Gasteiger charge is 2.18. The zero-order valence-electron chi connectivity index (χ0n) is 14.9. The fourth-order valence-corrected chi connectivity index (χ4v) is 2.66. The second-order valence-electron chi connectivity index (χ2n) is 5.68. The average Bonchev–Trinajstić information content (AvgIpc) is 3.33. The maximum Gasteiger partial charge on any atom is 0.250 e. The van der Waals surface area contributed by atoms with Gasteiger partial charge in [-0.2, -0.15) is 10.2 Å². The molecule has 136 valence electrons. The number of hydrogen-bond acceptors (Lipinski definition) is 5. The average molecular weight is 355 g/mol. The van der Waals surface area contributed by atoms with E-state index >= 15 is 0 Å². The Kier molecular flexibility index (Phi) is 5.21. The van der Waals surface area contributed by atoms with Gasteiger partial charge in [-0.1, -0.05) is 12.1 Å². The summed E-state index contributed by atoms with van der Waals surface area (Å²) in [4.78, 5) is 12.5. The maximum absolute atomic E-state index is 12.5. The van der Waals surface area contributed by atoms with E-state index in [1.807, 2.05) is 18.2 Å². The fourth-order valence-electron chi connectivity index (χ4n) is 2.66. The molecule has 1 atom stereocenters. The third kappa shape index (κ3) is 3.53. The van der Waals surface area contributed by atoms with Crippen LogP contribution in [0, 0.1) is 0 Å². The van der Waals surface area contributed by atoms with E-state index in [9.17, 15) is 4.79 Å². The van der Waals surface area contributed by atoms with Crippen LogP contribution in [0.15, 0.2) is 48.9 Å². The van der Waals surface area contributed by atoms with Crippen LogP contribution in [-0.2, 0) is 11.3 Å². The van der Waals surface area contributed by atoms with Crippen LogP contribution in [0.3, 0.4) is 0 Å². The summed E-state index contributed by atoms with van der Waals surface area (Å²) < 4.78 is 14.1. The fraction of sp³-hybridized carbons (Fsp3) is 0.278. The smallest absolute Gasteiger partial charge is 0.250 e. The first-order valence-electron chi connectivity index (χ1n) is 8.15. The van der Waals surface area contributed by atoms with Crippen molar-refractivity contribution >= 4 is 11.7 Å². The zero-order valence-corrected chi connectivity index (χ0v) is 14.9. The third-order valence-corrected chi connectivity index (χ3v) is 4.07. The van der Waals surface area contributed by atoms with E-state index in [1.165, 1.54) is 0 Å². The Morgan fingerprint density at radius 1 is 1.15 bits per heavy atom. The highest BCUT2D eigenvalue weighted by molar-refractivity contribution is 5.92. The summed E-state index contributed by atoms with van der Waals surface area (Å²) in [5, 5.41) is 11.3. The molecule has 1 N–H and O–H groups in total. The van der Waals surface area contributed by atoms with E-state index < -0.39 is 6.04 Å². The number of anilines is 1. The minimum absolute atomic E-state index is 0.173.